The molecule has 0 spiro atoms. The van der Waals surface area contributed by atoms with Crippen molar-refractivity contribution in [2.75, 3.05) is 39.6 Å². The van der Waals surface area contributed by atoms with Crippen LogP contribution in [0.25, 0.3) is 0 Å². The predicted molar refractivity (Wildman–Crippen MR) is 445 cm³/mol. The van der Waals surface area contributed by atoms with Gasteiger partial charge in [-0.2, -0.15) is 0 Å². The molecule has 0 aromatic rings. The summed E-state index contributed by atoms with van der Waals surface area (Å²) in [6, 6.07) is 0. The van der Waals surface area contributed by atoms with Gasteiger partial charge in [-0.3, -0.25) is 32.5 Å². The number of unbranched alkanes of at least 4 members (excludes halogenated alkanes) is 23. The molecule has 0 heterocycles. The maximum atomic E-state index is 13.0. The fourth-order valence-corrected chi connectivity index (χ4v) is 12.1. The zero-order chi connectivity index (χ0) is 78.0. The van der Waals surface area contributed by atoms with Crippen LogP contribution in [-0.2, 0) is 55.8 Å². The molecular weight excluding hydrogens is 1390 g/mol. The highest BCUT2D eigenvalue weighted by molar-refractivity contribution is 7.47. The van der Waals surface area contributed by atoms with Gasteiger partial charge in [0.15, 0.2) is 6.10 Å². The Bertz CT molecular complexity index is 2670. The van der Waals surface area contributed by atoms with Crippen LogP contribution in [0.4, 0.5) is 0 Å². The molecule has 0 saturated carbocycles. The molecule has 0 bridgehead atoms. The Hall–Kier alpha value is -5.35. The Labute approximate surface area is 649 Å². The van der Waals surface area contributed by atoms with Gasteiger partial charge in [-0.1, -0.05) is 312 Å². The number of carbonyl (C=O) groups is 3. The van der Waals surface area contributed by atoms with Crippen LogP contribution in [0.15, 0.2) is 182 Å². The van der Waals surface area contributed by atoms with Crippen LogP contribution in [-0.4, -0.2) is 95.9 Å². The van der Waals surface area contributed by atoms with Crippen LogP contribution in [0.5, 0.6) is 0 Å². The van der Waals surface area contributed by atoms with Crippen molar-refractivity contribution < 1.29 is 75.8 Å². The first-order valence-electron chi connectivity index (χ1n) is 41.1. The maximum absolute atomic E-state index is 13.0. The molecule has 107 heavy (non-hydrogen) atoms. The van der Waals surface area contributed by atoms with Crippen LogP contribution in [0.3, 0.4) is 0 Å². The molecule has 0 aliphatic carbocycles. The largest absolute Gasteiger partial charge is 0.472 e. The van der Waals surface area contributed by atoms with Gasteiger partial charge in [0, 0.05) is 19.3 Å². The van der Waals surface area contributed by atoms with Gasteiger partial charge in [-0.05, 0) is 154 Å². The minimum atomic E-state index is -4.95. The Morgan fingerprint density at radius 2 is 0.467 bits per heavy atom. The van der Waals surface area contributed by atoms with Crippen LogP contribution in [0, 0.1) is 0 Å². The summed E-state index contributed by atoms with van der Waals surface area (Å²) >= 11 is 0. The summed E-state index contributed by atoms with van der Waals surface area (Å²) in [6.45, 7) is 2.29. The zero-order valence-electron chi connectivity index (χ0n) is 66.5. The summed E-state index contributed by atoms with van der Waals surface area (Å²) in [4.78, 5) is 58.8. The van der Waals surface area contributed by atoms with E-state index in [9.17, 15) is 43.5 Å². The number of aliphatic hydroxyl groups is 2. The normalized spacial score (nSPS) is 14.9. The van der Waals surface area contributed by atoms with Gasteiger partial charge in [-0.25, -0.2) is 9.13 Å². The first kappa shape index (κ1) is 102. The van der Waals surface area contributed by atoms with Gasteiger partial charge in [-0.15, -0.1) is 0 Å². The van der Waals surface area contributed by atoms with Crippen LogP contribution < -0.4 is 0 Å². The van der Waals surface area contributed by atoms with E-state index in [1.807, 2.05) is 0 Å². The van der Waals surface area contributed by atoms with Crippen LogP contribution in [0.2, 0.25) is 0 Å². The fraction of sp³-hybridized carbons (Fsp3) is 0.629. The molecule has 5 atom stereocenters. The van der Waals surface area contributed by atoms with Crippen molar-refractivity contribution in [1.29, 1.82) is 0 Å². The maximum Gasteiger partial charge on any atom is 0.472 e. The molecule has 5 unspecified atom stereocenters. The highest BCUT2D eigenvalue weighted by Crippen LogP contribution is 2.45. The number of ether oxygens (including phenoxy) is 3. The molecule has 0 aliphatic rings. The van der Waals surface area contributed by atoms with Crippen molar-refractivity contribution in [3.8, 4) is 0 Å². The number of hydrogen-bond donors (Lipinski definition) is 4. The zero-order valence-corrected chi connectivity index (χ0v) is 68.3. The third kappa shape index (κ3) is 81.5. The monoisotopic (exact) mass is 1530 g/mol. The van der Waals surface area contributed by atoms with E-state index in [-0.39, 0.29) is 19.3 Å². The number of allylic oxidation sites excluding steroid dienone is 30. The van der Waals surface area contributed by atoms with E-state index in [0.29, 0.717) is 19.3 Å². The van der Waals surface area contributed by atoms with Crippen molar-refractivity contribution in [2.24, 2.45) is 0 Å². The third-order valence-corrected chi connectivity index (χ3v) is 18.5. The minimum absolute atomic E-state index is 0.0810. The smallest absolute Gasteiger partial charge is 0.463 e. The highest BCUT2D eigenvalue weighted by atomic mass is 31.2. The second-order valence-corrected chi connectivity index (χ2v) is 29.7. The number of hydrogen-bond acceptors (Lipinski definition) is 14. The van der Waals surface area contributed by atoms with E-state index >= 15 is 0 Å². The van der Waals surface area contributed by atoms with Gasteiger partial charge in [0.05, 0.1) is 26.4 Å². The molecule has 0 amide bonds. The summed E-state index contributed by atoms with van der Waals surface area (Å²) in [6.07, 6.45) is 104. The molecule has 0 rings (SSSR count). The predicted octanol–water partition coefficient (Wildman–Crippen LogP) is 24.5. The summed E-state index contributed by atoms with van der Waals surface area (Å²) in [7, 11) is -9.82. The van der Waals surface area contributed by atoms with Gasteiger partial charge in [0.1, 0.15) is 25.4 Å². The van der Waals surface area contributed by atoms with Crippen molar-refractivity contribution in [3.05, 3.63) is 182 Å². The minimum Gasteiger partial charge on any atom is -0.463 e. The molecular formula is C89H146O16P2. The molecule has 0 saturated heterocycles. The van der Waals surface area contributed by atoms with E-state index in [1.165, 1.54) is 51.4 Å². The van der Waals surface area contributed by atoms with E-state index in [4.69, 9.17) is 32.3 Å². The first-order valence-corrected chi connectivity index (χ1v) is 44.1. The number of carbonyl (C=O) groups excluding carboxylic acids is 3. The second kappa shape index (κ2) is 80.2. The number of esters is 3. The van der Waals surface area contributed by atoms with Gasteiger partial charge in [0.25, 0.3) is 0 Å². The molecule has 4 N–H and O–H groups in total. The number of phosphoric acid groups is 2. The lowest BCUT2D eigenvalue weighted by molar-refractivity contribution is -0.161. The highest BCUT2D eigenvalue weighted by Gasteiger charge is 2.29. The fourth-order valence-electron chi connectivity index (χ4n) is 10.5. The molecule has 0 fully saturated rings. The molecule has 16 nitrogen and oxygen atoms in total. The van der Waals surface area contributed by atoms with Crippen molar-refractivity contribution in [2.45, 2.75) is 322 Å². The van der Waals surface area contributed by atoms with Crippen LogP contribution >= 0.6 is 15.6 Å². The van der Waals surface area contributed by atoms with Gasteiger partial charge in [0.2, 0.25) is 0 Å². The quantitative estimate of drug-likeness (QED) is 0.0146. The topological polar surface area (TPSA) is 231 Å². The molecule has 0 aliphatic heterocycles. The van der Waals surface area contributed by atoms with Crippen LogP contribution in [0.1, 0.15) is 303 Å². The third-order valence-electron chi connectivity index (χ3n) is 16.6. The summed E-state index contributed by atoms with van der Waals surface area (Å²) < 4.78 is 61.2. The lowest BCUT2D eigenvalue weighted by Gasteiger charge is -2.21. The average molecular weight is 1530 g/mol. The lowest BCUT2D eigenvalue weighted by atomic mass is 10.0. The van der Waals surface area contributed by atoms with E-state index in [0.717, 1.165) is 193 Å². The number of aliphatic hydroxyl groups excluding tert-OH is 2. The second-order valence-electron chi connectivity index (χ2n) is 26.8. The Balaban J connectivity index is 4.59. The van der Waals surface area contributed by atoms with Gasteiger partial charge >= 0.3 is 33.6 Å². The Morgan fingerprint density at radius 1 is 0.262 bits per heavy atom. The standard InChI is InChI=1S/C89H146O16P2/c1-4-7-10-13-16-19-22-25-28-31-33-35-37-38-39-40-41-42-43-44-46-48-49-52-54-57-60-63-66-69-72-75-87(92)99-78-84(90)79-101-106(95,96)102-80-85(91)81-103-107(97,98)104-83-86(105-89(94)77-74-71-68-65-62-59-56-51-30-27-24-21-18-15-12-9-6-3)82-100-88(93)76-73-70-67-64-61-58-55-53-50-47-45-36-34-32-29-26-23-20-17-14-11-8-5-2/h7-12,16-21,25-30,33-36,38-39,41-42,47,50,55,58,84-86,90-91H,4-6,13-15,22-24,31-32,37,40,43-46,48-49,51-54,56-57,59-83H2,1-3H3,(H,95,96)(H,97,98)/b10-7-,11-8-,12-9-,19-16-,20-17-,21-18-,28-25-,29-26-,30-27-,35-33-,36-34-,39-38-,42-41-,50-47-,58-55-. The number of rotatable bonds is 76. The molecule has 0 radical (unpaired) electrons. The van der Waals surface area contributed by atoms with E-state index in [1.54, 1.807) is 0 Å². The van der Waals surface area contributed by atoms with Crippen molar-refractivity contribution in [3.63, 3.8) is 0 Å². The lowest BCUT2D eigenvalue weighted by Crippen LogP contribution is -2.30. The average Bonchev–Trinajstić information content (AvgIpc) is 0.909. The SMILES string of the molecule is CC/C=C\C/C=C\C/C=C\C/C=C\C/C=C\C/C=C\CCCCCCCCCCCCCCC(=O)OCC(O)COP(=O)(O)OCC(O)COP(=O)(O)OCC(COC(=O)CCCCCC/C=C\C/C=C\C/C=C\C/C=C\C/C=C\C/C=C\CC)OC(=O)CCCCCCCCC/C=C\C/C=C\C/C=C\CC. The van der Waals surface area contributed by atoms with E-state index < -0.39 is 91.5 Å². The van der Waals surface area contributed by atoms with E-state index in [2.05, 4.69) is 203 Å². The molecule has 0 aromatic heterocycles. The summed E-state index contributed by atoms with van der Waals surface area (Å²) in [5.41, 5.74) is 0. The summed E-state index contributed by atoms with van der Waals surface area (Å²) in [5, 5.41) is 20.7. The van der Waals surface area contributed by atoms with Crippen molar-refractivity contribution >= 4 is 33.6 Å². The molecule has 0 aromatic carbocycles. The Morgan fingerprint density at radius 3 is 0.738 bits per heavy atom. The molecule has 608 valence electrons. The summed E-state index contributed by atoms with van der Waals surface area (Å²) in [5.74, 6) is -1.62. The number of phosphoric ester groups is 2. The molecule has 18 heteroatoms. The van der Waals surface area contributed by atoms with Gasteiger partial charge < -0.3 is 34.2 Å². The van der Waals surface area contributed by atoms with Crippen molar-refractivity contribution in [1.82, 2.24) is 0 Å². The first-order chi connectivity index (χ1) is 52.2. The Kier molecular flexibility index (Phi) is 76.2.